The molecule has 1 unspecified atom stereocenters. The van der Waals surface area contributed by atoms with Crippen LogP contribution in [0.15, 0.2) is 16.7 Å². The standard InChI is InChI=1S/C19H26N2O4/c1-5-15-18(12(2)20-25-15)14-7-6-8-21(14)11-13-9-16(23-3)19(22)17(10-13)24-4/h9-10,14,22H,5-8,11H2,1-4H3. The van der Waals surface area contributed by atoms with E-state index in [9.17, 15) is 5.11 Å². The van der Waals surface area contributed by atoms with Crippen LogP contribution in [0.1, 0.15) is 48.4 Å². The minimum atomic E-state index is 0.0369. The first-order valence-electron chi connectivity index (χ1n) is 8.72. The summed E-state index contributed by atoms with van der Waals surface area (Å²) in [6, 6.07) is 4.05. The number of methoxy groups -OCH3 is 2. The molecular formula is C19H26N2O4. The van der Waals surface area contributed by atoms with E-state index in [4.69, 9.17) is 14.0 Å². The quantitative estimate of drug-likeness (QED) is 0.862. The first-order valence-corrected chi connectivity index (χ1v) is 8.72. The van der Waals surface area contributed by atoms with Gasteiger partial charge in [-0.1, -0.05) is 12.1 Å². The normalized spacial score (nSPS) is 17.8. The minimum Gasteiger partial charge on any atom is -0.502 e. The van der Waals surface area contributed by atoms with E-state index in [2.05, 4.69) is 17.0 Å². The van der Waals surface area contributed by atoms with Crippen molar-refractivity contribution < 1.29 is 19.1 Å². The maximum atomic E-state index is 10.1. The SMILES string of the molecule is CCc1onc(C)c1C1CCCN1Cc1cc(OC)c(O)c(OC)c1. The molecule has 1 aromatic carbocycles. The summed E-state index contributed by atoms with van der Waals surface area (Å²) in [7, 11) is 3.09. The van der Waals surface area contributed by atoms with Gasteiger partial charge in [0.05, 0.1) is 19.9 Å². The molecule has 0 amide bonds. The second-order valence-electron chi connectivity index (χ2n) is 6.44. The molecule has 1 fully saturated rings. The van der Waals surface area contributed by atoms with Gasteiger partial charge >= 0.3 is 0 Å². The lowest BCUT2D eigenvalue weighted by Gasteiger charge is -2.25. The predicted molar refractivity (Wildman–Crippen MR) is 94.2 cm³/mol. The smallest absolute Gasteiger partial charge is 0.200 e. The zero-order valence-corrected chi connectivity index (χ0v) is 15.3. The molecule has 136 valence electrons. The molecule has 1 aliphatic rings. The van der Waals surface area contributed by atoms with Crippen LogP contribution in [0, 0.1) is 6.92 Å². The van der Waals surface area contributed by atoms with Crippen molar-refractivity contribution in [1.82, 2.24) is 10.1 Å². The Bertz CT molecular complexity index is 716. The Morgan fingerprint density at radius 3 is 2.56 bits per heavy atom. The first kappa shape index (κ1) is 17.6. The van der Waals surface area contributed by atoms with Crippen molar-refractivity contribution in [3.05, 3.63) is 34.7 Å². The van der Waals surface area contributed by atoms with Crippen molar-refractivity contribution in [2.45, 2.75) is 45.7 Å². The number of hydrogen-bond donors (Lipinski definition) is 1. The fourth-order valence-corrected chi connectivity index (χ4v) is 3.72. The summed E-state index contributed by atoms with van der Waals surface area (Å²) >= 11 is 0. The van der Waals surface area contributed by atoms with Gasteiger partial charge < -0.3 is 19.1 Å². The number of phenols is 1. The van der Waals surface area contributed by atoms with Crippen LogP contribution in [0.2, 0.25) is 0 Å². The lowest BCUT2D eigenvalue weighted by atomic mass is 10.0. The zero-order chi connectivity index (χ0) is 18.0. The zero-order valence-electron chi connectivity index (χ0n) is 15.3. The Morgan fingerprint density at radius 1 is 1.28 bits per heavy atom. The van der Waals surface area contributed by atoms with Gasteiger partial charge in [-0.05, 0) is 44.0 Å². The van der Waals surface area contributed by atoms with Gasteiger partial charge in [-0.2, -0.15) is 0 Å². The van der Waals surface area contributed by atoms with Crippen LogP contribution in [0.25, 0.3) is 0 Å². The Hall–Kier alpha value is -2.21. The summed E-state index contributed by atoms with van der Waals surface area (Å²) in [6.45, 7) is 5.88. The minimum absolute atomic E-state index is 0.0369. The van der Waals surface area contributed by atoms with Crippen molar-refractivity contribution >= 4 is 0 Å². The summed E-state index contributed by atoms with van der Waals surface area (Å²) in [5.74, 6) is 1.88. The number of likely N-dealkylation sites (tertiary alicyclic amines) is 1. The number of benzene rings is 1. The molecule has 25 heavy (non-hydrogen) atoms. The third-order valence-corrected chi connectivity index (χ3v) is 4.93. The number of nitrogens with zero attached hydrogens (tertiary/aromatic N) is 2. The van der Waals surface area contributed by atoms with Gasteiger partial charge in [0.2, 0.25) is 5.75 Å². The van der Waals surface area contributed by atoms with Gasteiger partial charge in [0.25, 0.3) is 0 Å². The highest BCUT2D eigenvalue weighted by Crippen LogP contribution is 2.40. The summed E-state index contributed by atoms with van der Waals surface area (Å²) in [5, 5.41) is 14.3. The summed E-state index contributed by atoms with van der Waals surface area (Å²) < 4.78 is 16.0. The van der Waals surface area contributed by atoms with Crippen molar-refractivity contribution in [3.63, 3.8) is 0 Å². The molecule has 3 rings (SSSR count). The van der Waals surface area contributed by atoms with E-state index >= 15 is 0 Å². The number of rotatable bonds is 6. The molecule has 6 nitrogen and oxygen atoms in total. The van der Waals surface area contributed by atoms with E-state index in [0.717, 1.165) is 49.4 Å². The van der Waals surface area contributed by atoms with Gasteiger partial charge in [-0.25, -0.2) is 0 Å². The second-order valence-corrected chi connectivity index (χ2v) is 6.44. The average Bonchev–Trinajstić information content (AvgIpc) is 3.21. The van der Waals surface area contributed by atoms with Gasteiger partial charge in [-0.3, -0.25) is 4.90 Å². The largest absolute Gasteiger partial charge is 0.502 e. The van der Waals surface area contributed by atoms with E-state index in [1.165, 1.54) is 5.56 Å². The number of aromatic hydroxyl groups is 1. The first-order chi connectivity index (χ1) is 12.1. The molecule has 2 heterocycles. The van der Waals surface area contributed by atoms with Crippen LogP contribution in [0.5, 0.6) is 17.2 Å². The van der Waals surface area contributed by atoms with Gasteiger partial charge in [-0.15, -0.1) is 0 Å². The van der Waals surface area contributed by atoms with E-state index < -0.39 is 0 Å². The van der Waals surface area contributed by atoms with Gasteiger partial charge in [0, 0.05) is 24.6 Å². The van der Waals surface area contributed by atoms with E-state index in [1.807, 2.05) is 19.1 Å². The number of aryl methyl sites for hydroxylation is 2. The molecule has 1 N–H and O–H groups in total. The van der Waals surface area contributed by atoms with Gasteiger partial charge in [0.15, 0.2) is 11.5 Å². The maximum Gasteiger partial charge on any atom is 0.200 e. The monoisotopic (exact) mass is 346 g/mol. The number of ether oxygens (including phenoxy) is 2. The highest BCUT2D eigenvalue weighted by Gasteiger charge is 2.31. The van der Waals surface area contributed by atoms with Crippen molar-refractivity contribution in [3.8, 4) is 17.2 Å². The van der Waals surface area contributed by atoms with Gasteiger partial charge in [0.1, 0.15) is 5.76 Å². The molecule has 0 radical (unpaired) electrons. The molecule has 6 heteroatoms. The summed E-state index contributed by atoms with van der Waals surface area (Å²) in [5.41, 5.74) is 3.26. The Balaban J connectivity index is 1.88. The Labute approximate surface area is 148 Å². The number of hydrogen-bond acceptors (Lipinski definition) is 6. The molecule has 0 spiro atoms. The second kappa shape index (κ2) is 7.35. The lowest BCUT2D eigenvalue weighted by Crippen LogP contribution is -2.23. The Morgan fingerprint density at radius 2 is 1.96 bits per heavy atom. The topological polar surface area (TPSA) is 68.0 Å². The highest BCUT2D eigenvalue weighted by atomic mass is 16.5. The molecule has 0 aliphatic carbocycles. The molecule has 0 bridgehead atoms. The fourth-order valence-electron chi connectivity index (χ4n) is 3.72. The van der Waals surface area contributed by atoms with Crippen molar-refractivity contribution in [1.29, 1.82) is 0 Å². The third-order valence-electron chi connectivity index (χ3n) is 4.93. The molecule has 1 saturated heterocycles. The van der Waals surface area contributed by atoms with Crippen LogP contribution in [-0.4, -0.2) is 35.9 Å². The van der Waals surface area contributed by atoms with E-state index in [0.29, 0.717) is 17.5 Å². The molecule has 1 aliphatic heterocycles. The molecule has 2 aromatic rings. The van der Waals surface area contributed by atoms with Crippen molar-refractivity contribution in [2.75, 3.05) is 20.8 Å². The number of aromatic nitrogens is 1. The van der Waals surface area contributed by atoms with Crippen LogP contribution in [0.3, 0.4) is 0 Å². The van der Waals surface area contributed by atoms with Crippen molar-refractivity contribution in [2.24, 2.45) is 0 Å². The summed E-state index contributed by atoms with van der Waals surface area (Å²) in [4.78, 5) is 2.43. The predicted octanol–water partition coefficient (Wildman–Crippen LogP) is 3.61. The molecular weight excluding hydrogens is 320 g/mol. The number of phenolic OH excluding ortho intramolecular Hbond substituents is 1. The summed E-state index contributed by atoms with van der Waals surface area (Å²) in [6.07, 6.45) is 3.09. The average molecular weight is 346 g/mol. The van der Waals surface area contributed by atoms with Crippen LogP contribution in [0.4, 0.5) is 0 Å². The van der Waals surface area contributed by atoms with E-state index in [-0.39, 0.29) is 5.75 Å². The van der Waals surface area contributed by atoms with Crippen LogP contribution in [-0.2, 0) is 13.0 Å². The molecule has 0 saturated carbocycles. The molecule has 1 aromatic heterocycles. The Kier molecular flexibility index (Phi) is 5.18. The molecule has 1 atom stereocenters. The highest BCUT2D eigenvalue weighted by molar-refractivity contribution is 5.52. The van der Waals surface area contributed by atoms with Crippen LogP contribution >= 0.6 is 0 Å². The fraction of sp³-hybridized carbons (Fsp3) is 0.526. The van der Waals surface area contributed by atoms with Crippen LogP contribution < -0.4 is 9.47 Å². The lowest BCUT2D eigenvalue weighted by molar-refractivity contribution is 0.243. The van der Waals surface area contributed by atoms with E-state index in [1.54, 1.807) is 14.2 Å². The maximum absolute atomic E-state index is 10.1. The third kappa shape index (κ3) is 3.31.